The molecule has 13 heavy (non-hydrogen) atoms. The Morgan fingerprint density at radius 3 is 2.69 bits per heavy atom. The van der Waals surface area contributed by atoms with Crippen LogP contribution in [0, 0.1) is 5.92 Å². The van der Waals surface area contributed by atoms with Crippen molar-refractivity contribution in [2.45, 2.75) is 34.1 Å². The van der Waals surface area contributed by atoms with Gasteiger partial charge in [-0.3, -0.25) is 0 Å². The van der Waals surface area contributed by atoms with Gasteiger partial charge in [-0.25, -0.2) is 0 Å². The van der Waals surface area contributed by atoms with Gasteiger partial charge in [-0.05, 0) is 19.8 Å². The van der Waals surface area contributed by atoms with Crippen LogP contribution in [0.5, 0.6) is 0 Å². The summed E-state index contributed by atoms with van der Waals surface area (Å²) in [6.45, 7) is 8.19. The van der Waals surface area contributed by atoms with Crippen LogP contribution in [-0.2, 0) is 6.42 Å². The molecule has 0 aliphatic heterocycles. The second-order valence-corrected chi connectivity index (χ2v) is 3.57. The molecular weight excluding hydrogens is 164 g/mol. The lowest BCUT2D eigenvalue weighted by atomic mass is 10.1. The number of rotatable bonds is 3. The molecule has 1 aromatic heterocycles. The van der Waals surface area contributed by atoms with Gasteiger partial charge in [0.15, 0.2) is 0 Å². The van der Waals surface area contributed by atoms with Crippen molar-refractivity contribution in [2.24, 2.45) is 5.92 Å². The summed E-state index contributed by atoms with van der Waals surface area (Å²) in [5.74, 6) is 1.92. The normalized spacial score (nSPS) is 12.5. The van der Waals surface area contributed by atoms with Crippen molar-refractivity contribution >= 4 is 5.57 Å². The molecule has 0 atom stereocenters. The highest BCUT2D eigenvalue weighted by Crippen LogP contribution is 2.13. The first-order chi connectivity index (χ1) is 6.13. The van der Waals surface area contributed by atoms with Gasteiger partial charge in [0.1, 0.15) is 0 Å². The van der Waals surface area contributed by atoms with E-state index in [0.29, 0.717) is 11.8 Å². The first kappa shape index (κ1) is 9.96. The summed E-state index contributed by atoms with van der Waals surface area (Å²) in [5, 5.41) is 7.92. The molecule has 0 saturated carbocycles. The lowest BCUT2D eigenvalue weighted by Gasteiger charge is -1.96. The quantitative estimate of drug-likeness (QED) is 0.717. The molecule has 1 rings (SSSR count). The van der Waals surface area contributed by atoms with Crippen LogP contribution < -0.4 is 0 Å². The van der Waals surface area contributed by atoms with Crippen LogP contribution >= 0.6 is 0 Å². The molecule has 0 aliphatic carbocycles. The maximum atomic E-state index is 5.46. The molecule has 0 spiro atoms. The minimum absolute atomic E-state index is 0.555. The van der Waals surface area contributed by atoms with E-state index >= 15 is 0 Å². The third-order valence-electron chi connectivity index (χ3n) is 1.82. The van der Waals surface area contributed by atoms with Crippen molar-refractivity contribution < 1.29 is 4.42 Å². The average molecular weight is 180 g/mol. The van der Waals surface area contributed by atoms with Crippen LogP contribution in [0.3, 0.4) is 0 Å². The van der Waals surface area contributed by atoms with Crippen LogP contribution in [0.1, 0.15) is 39.5 Å². The van der Waals surface area contributed by atoms with Crippen molar-refractivity contribution in [1.82, 2.24) is 10.2 Å². The largest absolute Gasteiger partial charge is 0.421 e. The summed E-state index contributed by atoms with van der Waals surface area (Å²) >= 11 is 0. The van der Waals surface area contributed by atoms with Gasteiger partial charge in [0.05, 0.1) is 0 Å². The molecule has 0 bridgehead atoms. The van der Waals surface area contributed by atoms with Crippen molar-refractivity contribution in [1.29, 1.82) is 0 Å². The van der Waals surface area contributed by atoms with Gasteiger partial charge in [0, 0.05) is 12.0 Å². The van der Waals surface area contributed by atoms with Gasteiger partial charge in [0.2, 0.25) is 11.8 Å². The van der Waals surface area contributed by atoms with E-state index in [0.717, 1.165) is 17.9 Å². The zero-order valence-corrected chi connectivity index (χ0v) is 8.66. The molecule has 3 nitrogen and oxygen atoms in total. The molecule has 0 aliphatic rings. The zero-order chi connectivity index (χ0) is 9.84. The van der Waals surface area contributed by atoms with Gasteiger partial charge < -0.3 is 4.42 Å². The molecule has 1 aromatic rings. The number of allylic oxidation sites excluding steroid dienone is 2. The van der Waals surface area contributed by atoms with Crippen LogP contribution in [0.15, 0.2) is 10.5 Å². The van der Waals surface area contributed by atoms with Gasteiger partial charge >= 0.3 is 0 Å². The second-order valence-electron chi connectivity index (χ2n) is 3.57. The lowest BCUT2D eigenvalue weighted by molar-refractivity contribution is 0.449. The van der Waals surface area contributed by atoms with Crippen LogP contribution in [0.2, 0.25) is 0 Å². The second kappa shape index (κ2) is 4.21. The maximum Gasteiger partial charge on any atom is 0.243 e. The molecule has 1 heterocycles. The molecule has 0 N–H and O–H groups in total. The van der Waals surface area contributed by atoms with E-state index in [4.69, 9.17) is 4.42 Å². The highest BCUT2D eigenvalue weighted by molar-refractivity contribution is 5.54. The molecule has 0 aromatic carbocycles. The highest BCUT2D eigenvalue weighted by atomic mass is 16.4. The molecule has 3 heteroatoms. The topological polar surface area (TPSA) is 38.9 Å². The molecular formula is C10H16N2O. The Labute approximate surface area is 78.9 Å². The van der Waals surface area contributed by atoms with Crippen molar-refractivity contribution in [3.05, 3.63) is 17.9 Å². The SMILES string of the molecule is C/C=C(/C)c1nnc(CC(C)C)o1. The monoisotopic (exact) mass is 180 g/mol. The predicted molar refractivity (Wildman–Crippen MR) is 52.2 cm³/mol. The van der Waals surface area contributed by atoms with Gasteiger partial charge in [-0.1, -0.05) is 19.9 Å². The summed E-state index contributed by atoms with van der Waals surface area (Å²) in [6.07, 6.45) is 2.82. The van der Waals surface area contributed by atoms with E-state index in [2.05, 4.69) is 24.0 Å². The predicted octanol–water partition coefficient (Wildman–Crippen LogP) is 2.69. The molecule has 0 amide bonds. The smallest absolute Gasteiger partial charge is 0.243 e. The Kier molecular flexibility index (Phi) is 3.23. The van der Waals surface area contributed by atoms with Crippen molar-refractivity contribution in [3.8, 4) is 0 Å². The summed E-state index contributed by atoms with van der Waals surface area (Å²) in [5.41, 5.74) is 1.03. The van der Waals surface area contributed by atoms with Gasteiger partial charge in [-0.15, -0.1) is 10.2 Å². The molecule has 0 unspecified atom stereocenters. The fourth-order valence-corrected chi connectivity index (χ4v) is 0.968. The Balaban J connectivity index is 2.75. The molecule has 0 fully saturated rings. The van der Waals surface area contributed by atoms with E-state index in [1.807, 2.05) is 19.9 Å². The standard InChI is InChI=1S/C10H16N2O/c1-5-8(4)10-12-11-9(13-10)6-7(2)3/h5,7H,6H2,1-4H3/b8-5-. The summed E-state index contributed by atoms with van der Waals surface area (Å²) in [4.78, 5) is 0. The minimum Gasteiger partial charge on any atom is -0.421 e. The first-order valence-electron chi connectivity index (χ1n) is 4.59. The highest BCUT2D eigenvalue weighted by Gasteiger charge is 2.08. The Hall–Kier alpha value is -1.12. The van der Waals surface area contributed by atoms with Crippen LogP contribution in [-0.4, -0.2) is 10.2 Å². The number of hydrogen-bond acceptors (Lipinski definition) is 3. The fourth-order valence-electron chi connectivity index (χ4n) is 0.968. The third-order valence-corrected chi connectivity index (χ3v) is 1.82. The van der Waals surface area contributed by atoms with Gasteiger partial charge in [0.25, 0.3) is 0 Å². The molecule has 0 radical (unpaired) electrons. The Morgan fingerprint density at radius 1 is 1.46 bits per heavy atom. The van der Waals surface area contributed by atoms with E-state index in [1.54, 1.807) is 0 Å². The van der Waals surface area contributed by atoms with Crippen LogP contribution in [0.25, 0.3) is 5.57 Å². The zero-order valence-electron chi connectivity index (χ0n) is 8.66. The van der Waals surface area contributed by atoms with Crippen molar-refractivity contribution in [3.63, 3.8) is 0 Å². The van der Waals surface area contributed by atoms with E-state index in [9.17, 15) is 0 Å². The summed E-state index contributed by atoms with van der Waals surface area (Å²) < 4.78 is 5.46. The Bertz CT molecular complexity index is 300. The van der Waals surface area contributed by atoms with E-state index in [1.165, 1.54) is 0 Å². The van der Waals surface area contributed by atoms with Crippen LogP contribution in [0.4, 0.5) is 0 Å². The first-order valence-corrected chi connectivity index (χ1v) is 4.59. The lowest BCUT2D eigenvalue weighted by Crippen LogP contribution is -1.93. The Morgan fingerprint density at radius 2 is 2.15 bits per heavy atom. The maximum absolute atomic E-state index is 5.46. The molecule has 72 valence electrons. The summed E-state index contributed by atoms with van der Waals surface area (Å²) in [7, 11) is 0. The van der Waals surface area contributed by atoms with Gasteiger partial charge in [-0.2, -0.15) is 0 Å². The summed E-state index contributed by atoms with van der Waals surface area (Å²) in [6, 6.07) is 0. The van der Waals surface area contributed by atoms with Crippen molar-refractivity contribution in [2.75, 3.05) is 0 Å². The average Bonchev–Trinajstić information content (AvgIpc) is 2.50. The van der Waals surface area contributed by atoms with E-state index < -0.39 is 0 Å². The number of hydrogen-bond donors (Lipinski definition) is 0. The molecule has 0 saturated heterocycles. The fraction of sp³-hybridized carbons (Fsp3) is 0.600. The number of nitrogens with zero attached hydrogens (tertiary/aromatic N) is 2. The number of aromatic nitrogens is 2. The van der Waals surface area contributed by atoms with E-state index in [-0.39, 0.29) is 0 Å². The minimum atomic E-state index is 0.555. The third kappa shape index (κ3) is 2.68.